The molecule has 1 aromatic carbocycles. The fourth-order valence-corrected chi connectivity index (χ4v) is 2.95. The molecule has 1 aliphatic rings. The lowest BCUT2D eigenvalue weighted by Gasteiger charge is -2.27. The summed E-state index contributed by atoms with van der Waals surface area (Å²) in [5.41, 5.74) is 1.37. The molecule has 0 fully saturated rings. The first-order valence-corrected chi connectivity index (χ1v) is 8.43. The third kappa shape index (κ3) is 3.84. The van der Waals surface area contributed by atoms with E-state index in [1.54, 1.807) is 25.3 Å². The summed E-state index contributed by atoms with van der Waals surface area (Å²) in [4.78, 5) is 24.5. The Hall–Kier alpha value is -2.76. The van der Waals surface area contributed by atoms with Gasteiger partial charge in [-0.3, -0.25) is 9.59 Å². The molecule has 0 saturated carbocycles. The number of nitrogens with zero attached hydrogens (tertiary/aromatic N) is 1. The molecule has 0 saturated heterocycles. The monoisotopic (exact) mass is 342 g/mol. The van der Waals surface area contributed by atoms with Gasteiger partial charge in [0.05, 0.1) is 19.3 Å². The van der Waals surface area contributed by atoms with Crippen molar-refractivity contribution in [1.82, 2.24) is 9.88 Å². The molecule has 1 N–H and O–H groups in total. The molecule has 2 heterocycles. The van der Waals surface area contributed by atoms with Crippen molar-refractivity contribution in [3.63, 3.8) is 0 Å². The first-order chi connectivity index (χ1) is 12.1. The van der Waals surface area contributed by atoms with Crippen molar-refractivity contribution in [3.05, 3.63) is 58.0 Å². The van der Waals surface area contributed by atoms with Crippen molar-refractivity contribution in [2.45, 2.75) is 32.9 Å². The minimum atomic E-state index is -0.202. The summed E-state index contributed by atoms with van der Waals surface area (Å²) >= 11 is 0. The van der Waals surface area contributed by atoms with E-state index in [1.807, 2.05) is 25.1 Å². The highest BCUT2D eigenvalue weighted by Gasteiger charge is 2.24. The normalized spacial score (nSPS) is 15.8. The number of hydrogen-bond acceptors (Lipinski definition) is 4. The van der Waals surface area contributed by atoms with Gasteiger partial charge >= 0.3 is 0 Å². The van der Waals surface area contributed by atoms with Gasteiger partial charge in [-0.15, -0.1) is 0 Å². The van der Waals surface area contributed by atoms with Crippen LogP contribution in [-0.4, -0.2) is 23.7 Å². The van der Waals surface area contributed by atoms with Crippen LogP contribution in [0.4, 0.5) is 0 Å². The highest BCUT2D eigenvalue weighted by molar-refractivity contribution is 5.76. The fraction of sp³-hybridized carbons (Fsp3) is 0.368. The third-order valence-corrected chi connectivity index (χ3v) is 4.19. The number of ether oxygens (including phenoxy) is 2. The molecule has 0 aliphatic carbocycles. The van der Waals surface area contributed by atoms with E-state index < -0.39 is 0 Å². The number of rotatable bonds is 5. The molecular weight excluding hydrogens is 320 g/mol. The topological polar surface area (TPSA) is 69.6 Å². The lowest BCUT2D eigenvalue weighted by atomic mass is 10.00. The lowest BCUT2D eigenvalue weighted by molar-refractivity contribution is -0.122. The summed E-state index contributed by atoms with van der Waals surface area (Å²) in [6, 6.07) is 8.98. The lowest BCUT2D eigenvalue weighted by Crippen LogP contribution is -2.36. The fourth-order valence-electron chi connectivity index (χ4n) is 2.95. The molecule has 1 amide bonds. The first kappa shape index (κ1) is 17.1. The number of benzene rings is 1. The van der Waals surface area contributed by atoms with Crippen molar-refractivity contribution in [2.24, 2.45) is 0 Å². The molecule has 6 nitrogen and oxygen atoms in total. The van der Waals surface area contributed by atoms with Crippen molar-refractivity contribution in [3.8, 4) is 11.5 Å². The van der Waals surface area contributed by atoms with Gasteiger partial charge in [0.1, 0.15) is 18.0 Å². The Labute approximate surface area is 146 Å². The van der Waals surface area contributed by atoms with E-state index in [4.69, 9.17) is 9.47 Å². The van der Waals surface area contributed by atoms with Gasteiger partial charge in [-0.05, 0) is 38.1 Å². The van der Waals surface area contributed by atoms with E-state index in [0.29, 0.717) is 25.2 Å². The van der Waals surface area contributed by atoms with Gasteiger partial charge < -0.3 is 19.4 Å². The van der Waals surface area contributed by atoms with Crippen LogP contribution in [0, 0.1) is 6.92 Å². The zero-order valence-electron chi connectivity index (χ0n) is 14.5. The van der Waals surface area contributed by atoms with Gasteiger partial charge in [0.25, 0.3) is 5.56 Å². The molecular formula is C19H22N2O4. The second-order valence-corrected chi connectivity index (χ2v) is 6.01. The van der Waals surface area contributed by atoms with E-state index in [9.17, 15) is 9.59 Å². The van der Waals surface area contributed by atoms with Crippen molar-refractivity contribution in [1.29, 1.82) is 0 Å². The van der Waals surface area contributed by atoms with E-state index in [0.717, 1.165) is 17.1 Å². The average molecular weight is 342 g/mol. The van der Waals surface area contributed by atoms with Crippen LogP contribution in [0.5, 0.6) is 11.5 Å². The summed E-state index contributed by atoms with van der Waals surface area (Å²) in [6.45, 7) is 4.77. The Bertz CT molecular complexity index is 828. The molecule has 132 valence electrons. The molecule has 1 atom stereocenters. The second kappa shape index (κ2) is 7.42. The van der Waals surface area contributed by atoms with Crippen LogP contribution in [-0.2, 0) is 11.3 Å². The molecule has 0 unspecified atom stereocenters. The summed E-state index contributed by atoms with van der Waals surface area (Å²) in [6.07, 6.45) is 2.30. The average Bonchev–Trinajstić information content (AvgIpc) is 2.60. The Morgan fingerprint density at radius 1 is 1.40 bits per heavy atom. The van der Waals surface area contributed by atoms with Crippen LogP contribution in [0.1, 0.15) is 30.5 Å². The van der Waals surface area contributed by atoms with E-state index in [1.165, 1.54) is 4.57 Å². The Morgan fingerprint density at radius 3 is 3.04 bits per heavy atom. The molecule has 25 heavy (non-hydrogen) atoms. The molecule has 0 bridgehead atoms. The van der Waals surface area contributed by atoms with Crippen LogP contribution in [0.3, 0.4) is 0 Å². The summed E-state index contributed by atoms with van der Waals surface area (Å²) in [7, 11) is 0. The van der Waals surface area contributed by atoms with Crippen molar-refractivity contribution >= 4 is 5.91 Å². The largest absolute Gasteiger partial charge is 0.494 e. The predicted molar refractivity (Wildman–Crippen MR) is 94.0 cm³/mol. The van der Waals surface area contributed by atoms with E-state index in [2.05, 4.69) is 5.32 Å². The molecule has 1 aromatic heterocycles. The van der Waals surface area contributed by atoms with Crippen LogP contribution in [0.2, 0.25) is 0 Å². The number of carbonyl (C=O) groups excluding carboxylic acids is 1. The maximum Gasteiger partial charge on any atom is 0.253 e. The van der Waals surface area contributed by atoms with Gasteiger partial charge in [-0.1, -0.05) is 6.07 Å². The van der Waals surface area contributed by atoms with Gasteiger partial charge in [0.2, 0.25) is 5.91 Å². The minimum absolute atomic E-state index is 0.00163. The maximum absolute atomic E-state index is 12.4. The number of aryl methyl sites for hydroxylation is 1. The number of aromatic nitrogens is 1. The van der Waals surface area contributed by atoms with E-state index >= 15 is 0 Å². The summed E-state index contributed by atoms with van der Waals surface area (Å²) in [5, 5.41) is 3.01. The maximum atomic E-state index is 12.4. The first-order valence-electron chi connectivity index (χ1n) is 8.43. The molecule has 2 aromatic rings. The molecule has 6 heteroatoms. The zero-order valence-corrected chi connectivity index (χ0v) is 14.5. The number of fused-ring (bicyclic) bond motifs is 1. The molecule has 1 aliphatic heterocycles. The second-order valence-electron chi connectivity index (χ2n) is 6.01. The van der Waals surface area contributed by atoms with Crippen LogP contribution < -0.4 is 20.3 Å². The van der Waals surface area contributed by atoms with Crippen LogP contribution in [0.25, 0.3) is 0 Å². The van der Waals surface area contributed by atoms with Gasteiger partial charge in [-0.25, -0.2) is 0 Å². The Kier molecular flexibility index (Phi) is 5.07. The Morgan fingerprint density at radius 2 is 2.24 bits per heavy atom. The van der Waals surface area contributed by atoms with Gasteiger partial charge in [0, 0.05) is 23.7 Å². The summed E-state index contributed by atoms with van der Waals surface area (Å²) < 4.78 is 12.6. The minimum Gasteiger partial charge on any atom is -0.494 e. The molecule has 0 radical (unpaired) electrons. The number of carbonyl (C=O) groups is 1. The third-order valence-electron chi connectivity index (χ3n) is 4.19. The number of amides is 1. The quantitative estimate of drug-likeness (QED) is 0.904. The Balaban J connectivity index is 1.75. The van der Waals surface area contributed by atoms with E-state index in [-0.39, 0.29) is 24.1 Å². The van der Waals surface area contributed by atoms with Gasteiger partial charge in [-0.2, -0.15) is 0 Å². The van der Waals surface area contributed by atoms with Crippen LogP contribution in [0.15, 0.2) is 41.3 Å². The van der Waals surface area contributed by atoms with Crippen molar-refractivity contribution < 1.29 is 14.3 Å². The standard InChI is InChI=1S/C19H22N2O4/c1-3-24-14-6-7-17-15(11-14)16(8-10-25-17)20-18(22)12-21-9-4-5-13(2)19(21)23/h4-7,9,11,16H,3,8,10,12H2,1-2H3,(H,20,22)/t16-/m1/s1. The van der Waals surface area contributed by atoms with Gasteiger partial charge in [0.15, 0.2) is 0 Å². The predicted octanol–water partition coefficient (Wildman–Crippen LogP) is 2.20. The van der Waals surface area contributed by atoms with Crippen molar-refractivity contribution in [2.75, 3.05) is 13.2 Å². The summed E-state index contributed by atoms with van der Waals surface area (Å²) in [5.74, 6) is 1.31. The molecule has 3 rings (SSSR count). The smallest absolute Gasteiger partial charge is 0.253 e. The SMILES string of the molecule is CCOc1ccc2c(c1)[C@H](NC(=O)Cn1cccc(C)c1=O)CCO2. The number of hydrogen-bond donors (Lipinski definition) is 1. The zero-order chi connectivity index (χ0) is 17.8. The number of nitrogens with one attached hydrogen (secondary N) is 1. The number of pyridine rings is 1. The molecule has 0 spiro atoms. The van der Waals surface area contributed by atoms with Crippen LogP contribution >= 0.6 is 0 Å². The highest BCUT2D eigenvalue weighted by Crippen LogP contribution is 2.34. The highest BCUT2D eigenvalue weighted by atomic mass is 16.5.